The van der Waals surface area contributed by atoms with Crippen molar-refractivity contribution >= 4 is 29.2 Å². The average molecular weight is 315 g/mol. The summed E-state index contributed by atoms with van der Waals surface area (Å²) in [5, 5.41) is 9.00. The minimum Gasteiger partial charge on any atom is -0.383 e. The molecule has 1 aromatic carbocycles. The number of nitrogens with two attached hydrogens (primary N) is 2. The molecule has 0 fully saturated rings. The molecule has 0 aliphatic rings. The first-order chi connectivity index (χ1) is 10.6. The van der Waals surface area contributed by atoms with Crippen LogP contribution in [-0.4, -0.2) is 35.2 Å². The van der Waals surface area contributed by atoms with Crippen molar-refractivity contribution in [1.29, 1.82) is 0 Å². The Labute approximate surface area is 133 Å². The van der Waals surface area contributed by atoms with Crippen molar-refractivity contribution in [2.45, 2.75) is 0 Å². The van der Waals surface area contributed by atoms with Crippen LogP contribution in [0.5, 0.6) is 0 Å². The number of rotatable bonds is 6. The van der Waals surface area contributed by atoms with E-state index < -0.39 is 0 Å². The van der Waals surface area contributed by atoms with Gasteiger partial charge < -0.3 is 11.1 Å². The summed E-state index contributed by atoms with van der Waals surface area (Å²) in [6.45, 7) is 0.609. The Bertz CT molecular complexity index is 673. The average Bonchev–Trinajstić information content (AvgIpc) is 2.55. The first-order valence-electron chi connectivity index (χ1n) is 6.84. The van der Waals surface area contributed by atoms with Crippen molar-refractivity contribution in [3.63, 3.8) is 0 Å². The van der Waals surface area contributed by atoms with Gasteiger partial charge in [-0.2, -0.15) is 11.8 Å². The lowest BCUT2D eigenvalue weighted by molar-refractivity contribution is -0.111. The Kier molecular flexibility index (Phi) is 5.55. The molecule has 1 heterocycles. The molecule has 0 radical (unpaired) electrons. The molecule has 2 aromatic rings. The van der Waals surface area contributed by atoms with Gasteiger partial charge in [-0.25, -0.2) is 4.98 Å². The van der Waals surface area contributed by atoms with E-state index in [1.54, 1.807) is 17.8 Å². The predicted octanol–water partition coefficient (Wildman–Crippen LogP) is 0.353. The SMILES string of the molecule is CSCCNC(=O)c1cnc(N)c(C(=[NH2+])c2ccccc2)c1. The van der Waals surface area contributed by atoms with E-state index in [2.05, 4.69) is 10.3 Å². The van der Waals surface area contributed by atoms with Crippen molar-refractivity contribution in [2.24, 2.45) is 0 Å². The molecule has 5 N–H and O–H groups in total. The summed E-state index contributed by atoms with van der Waals surface area (Å²) in [4.78, 5) is 16.2. The molecule has 5 nitrogen and oxygen atoms in total. The molecule has 0 atom stereocenters. The van der Waals surface area contributed by atoms with Crippen molar-refractivity contribution in [3.8, 4) is 0 Å². The van der Waals surface area contributed by atoms with Gasteiger partial charge in [0.1, 0.15) is 5.82 Å². The minimum atomic E-state index is -0.177. The lowest BCUT2D eigenvalue weighted by atomic mass is 10.0. The summed E-state index contributed by atoms with van der Waals surface area (Å²) in [6.07, 6.45) is 3.45. The van der Waals surface area contributed by atoms with E-state index in [0.717, 1.165) is 11.3 Å². The van der Waals surface area contributed by atoms with Gasteiger partial charge in [0.15, 0.2) is 0 Å². The Morgan fingerprint density at radius 1 is 1.32 bits per heavy atom. The number of carbonyl (C=O) groups excluding carboxylic acids is 1. The molecule has 0 bridgehead atoms. The number of hydrogen-bond acceptors (Lipinski definition) is 4. The molecule has 0 spiro atoms. The molecule has 0 aliphatic carbocycles. The maximum Gasteiger partial charge on any atom is 0.252 e. The number of nitrogens with zero attached hydrogens (tertiary/aromatic N) is 1. The third-order valence-corrected chi connectivity index (χ3v) is 3.76. The molecule has 0 unspecified atom stereocenters. The van der Waals surface area contributed by atoms with Gasteiger partial charge in [-0.3, -0.25) is 10.2 Å². The monoisotopic (exact) mass is 315 g/mol. The summed E-state index contributed by atoms with van der Waals surface area (Å²) < 4.78 is 0. The highest BCUT2D eigenvalue weighted by Gasteiger charge is 2.17. The molecule has 22 heavy (non-hydrogen) atoms. The molecule has 6 heteroatoms. The first-order valence-corrected chi connectivity index (χ1v) is 8.23. The maximum absolute atomic E-state index is 12.1. The first kappa shape index (κ1) is 16.0. The van der Waals surface area contributed by atoms with Crippen LogP contribution in [0.3, 0.4) is 0 Å². The molecule has 0 saturated heterocycles. The van der Waals surface area contributed by atoms with Crippen LogP contribution in [0.25, 0.3) is 0 Å². The lowest BCUT2D eigenvalue weighted by Gasteiger charge is -2.07. The van der Waals surface area contributed by atoms with Gasteiger partial charge in [-0.1, -0.05) is 18.2 Å². The second-order valence-electron chi connectivity index (χ2n) is 4.69. The smallest absolute Gasteiger partial charge is 0.252 e. The van der Waals surface area contributed by atoms with Crippen LogP contribution in [0.4, 0.5) is 5.82 Å². The fraction of sp³-hybridized carbons (Fsp3) is 0.188. The Morgan fingerprint density at radius 2 is 2.05 bits per heavy atom. The summed E-state index contributed by atoms with van der Waals surface area (Å²) in [6, 6.07) is 11.2. The third-order valence-electron chi connectivity index (χ3n) is 3.15. The minimum absolute atomic E-state index is 0.177. The number of carbonyl (C=O) groups is 1. The fourth-order valence-corrected chi connectivity index (χ4v) is 2.26. The number of aromatic nitrogens is 1. The van der Waals surface area contributed by atoms with E-state index in [4.69, 9.17) is 11.1 Å². The lowest BCUT2D eigenvalue weighted by Crippen LogP contribution is -2.41. The molecule has 2 rings (SSSR count). The zero-order valence-electron chi connectivity index (χ0n) is 12.4. The van der Waals surface area contributed by atoms with Crippen molar-refractivity contribution < 1.29 is 10.2 Å². The van der Waals surface area contributed by atoms with Gasteiger partial charge in [0.05, 0.1) is 11.1 Å². The van der Waals surface area contributed by atoms with Gasteiger partial charge in [0.2, 0.25) is 5.71 Å². The number of amides is 1. The maximum atomic E-state index is 12.1. The van der Waals surface area contributed by atoms with Crippen LogP contribution in [0.15, 0.2) is 42.6 Å². The molecular weight excluding hydrogens is 296 g/mol. The number of benzene rings is 1. The van der Waals surface area contributed by atoms with E-state index in [1.165, 1.54) is 6.20 Å². The van der Waals surface area contributed by atoms with Gasteiger partial charge in [-0.05, 0) is 24.5 Å². The van der Waals surface area contributed by atoms with E-state index >= 15 is 0 Å². The van der Waals surface area contributed by atoms with E-state index in [9.17, 15) is 4.79 Å². The Morgan fingerprint density at radius 3 is 2.73 bits per heavy atom. The quantitative estimate of drug-likeness (QED) is 0.530. The zero-order chi connectivity index (χ0) is 15.9. The summed E-state index contributed by atoms with van der Waals surface area (Å²) in [5.74, 6) is 0.991. The van der Waals surface area contributed by atoms with Gasteiger partial charge >= 0.3 is 0 Å². The number of hydrogen-bond donors (Lipinski definition) is 3. The normalized spacial score (nSPS) is 10.2. The Hall–Kier alpha value is -2.34. The summed E-state index contributed by atoms with van der Waals surface area (Å²) in [7, 11) is 0. The van der Waals surface area contributed by atoms with Crippen LogP contribution >= 0.6 is 11.8 Å². The predicted molar refractivity (Wildman–Crippen MR) is 90.9 cm³/mol. The molecule has 0 aliphatic heterocycles. The topological polar surface area (TPSA) is 93.6 Å². The van der Waals surface area contributed by atoms with Crippen LogP contribution in [0.2, 0.25) is 0 Å². The highest BCUT2D eigenvalue weighted by Crippen LogP contribution is 2.14. The van der Waals surface area contributed by atoms with Crippen LogP contribution in [0.1, 0.15) is 21.5 Å². The van der Waals surface area contributed by atoms with Crippen molar-refractivity contribution in [1.82, 2.24) is 10.3 Å². The Balaban J connectivity index is 2.24. The second kappa shape index (κ2) is 7.61. The van der Waals surface area contributed by atoms with Crippen LogP contribution in [0, 0.1) is 0 Å². The molecule has 114 valence electrons. The molecule has 1 amide bonds. The molecular formula is C16H19N4OS+. The summed E-state index contributed by atoms with van der Waals surface area (Å²) >= 11 is 1.67. The molecule has 1 aromatic heterocycles. The van der Waals surface area contributed by atoms with Crippen molar-refractivity contribution in [2.75, 3.05) is 24.3 Å². The third kappa shape index (κ3) is 3.85. The standard InChI is InChI=1S/C16H18N4OS/c1-22-8-7-19-16(21)12-9-13(15(18)20-10-12)14(17)11-5-3-2-4-6-11/h2-6,9-10,17H,7-8H2,1H3,(H2,18,20)(H,19,21)/p+1. The van der Waals surface area contributed by atoms with E-state index in [0.29, 0.717) is 29.2 Å². The van der Waals surface area contributed by atoms with E-state index in [-0.39, 0.29) is 5.91 Å². The highest BCUT2D eigenvalue weighted by molar-refractivity contribution is 7.98. The summed E-state index contributed by atoms with van der Waals surface area (Å²) in [5.41, 5.74) is 8.27. The van der Waals surface area contributed by atoms with Gasteiger partial charge in [0, 0.05) is 24.1 Å². The fourth-order valence-electron chi connectivity index (χ4n) is 1.96. The number of pyridine rings is 1. The molecule has 0 saturated carbocycles. The highest BCUT2D eigenvalue weighted by atomic mass is 32.2. The van der Waals surface area contributed by atoms with Gasteiger partial charge in [-0.15, -0.1) is 0 Å². The van der Waals surface area contributed by atoms with Gasteiger partial charge in [0.25, 0.3) is 5.91 Å². The number of nitrogen functional groups attached to an aromatic ring is 1. The largest absolute Gasteiger partial charge is 0.383 e. The second-order valence-corrected chi connectivity index (χ2v) is 5.67. The van der Waals surface area contributed by atoms with Crippen LogP contribution < -0.4 is 16.5 Å². The number of thioether (sulfide) groups is 1. The van der Waals surface area contributed by atoms with E-state index in [1.807, 2.05) is 36.6 Å². The number of nitrogens with one attached hydrogen (secondary N) is 1. The zero-order valence-corrected chi connectivity index (χ0v) is 13.2. The van der Waals surface area contributed by atoms with Crippen LogP contribution in [-0.2, 0) is 0 Å². The number of anilines is 1. The van der Waals surface area contributed by atoms with Crippen molar-refractivity contribution in [3.05, 3.63) is 59.3 Å².